The number of hydrogen-bond donors (Lipinski definition) is 1. The molecule has 31 heavy (non-hydrogen) atoms. The summed E-state index contributed by atoms with van der Waals surface area (Å²) < 4.78 is 21.4. The smallest absolute Gasteiger partial charge is 0.223 e. The fraction of sp³-hybridized carbons (Fsp3) is 0.458. The minimum Gasteiger partial charge on any atom is -0.497 e. The van der Waals surface area contributed by atoms with Crippen molar-refractivity contribution in [3.05, 3.63) is 47.5 Å². The number of carbonyl (C=O) groups is 1. The molecule has 0 spiro atoms. The van der Waals surface area contributed by atoms with Crippen LogP contribution in [0.2, 0.25) is 0 Å². The first-order chi connectivity index (χ1) is 15.1. The molecular formula is C24H33N2O5+. The molecule has 168 valence electrons. The van der Waals surface area contributed by atoms with Gasteiger partial charge in [-0.2, -0.15) is 0 Å². The first-order valence-corrected chi connectivity index (χ1v) is 10.6. The third-order valence-electron chi connectivity index (χ3n) is 5.79. The molecule has 0 atom stereocenters. The van der Waals surface area contributed by atoms with E-state index in [-0.39, 0.29) is 5.91 Å². The molecule has 0 aliphatic carbocycles. The van der Waals surface area contributed by atoms with Crippen LogP contribution in [0.3, 0.4) is 0 Å². The second kappa shape index (κ2) is 10.9. The maximum absolute atomic E-state index is 12.8. The molecule has 0 unspecified atom stereocenters. The van der Waals surface area contributed by atoms with Crippen molar-refractivity contribution in [3.63, 3.8) is 0 Å². The molecule has 1 amide bonds. The van der Waals surface area contributed by atoms with Gasteiger partial charge in [-0.25, -0.2) is 0 Å². The lowest BCUT2D eigenvalue weighted by Crippen LogP contribution is -3.13. The van der Waals surface area contributed by atoms with E-state index >= 15 is 0 Å². The molecule has 0 saturated carbocycles. The minimum atomic E-state index is 0.192. The van der Waals surface area contributed by atoms with E-state index < -0.39 is 0 Å². The molecule has 1 heterocycles. The van der Waals surface area contributed by atoms with Gasteiger partial charge < -0.3 is 28.7 Å². The molecule has 7 heteroatoms. The minimum absolute atomic E-state index is 0.192. The molecule has 2 aromatic carbocycles. The van der Waals surface area contributed by atoms with Crippen LogP contribution in [-0.2, 0) is 17.8 Å². The predicted octanol–water partition coefficient (Wildman–Crippen LogP) is 1.58. The van der Waals surface area contributed by atoms with E-state index in [1.54, 1.807) is 28.4 Å². The Bertz CT molecular complexity index is 836. The van der Waals surface area contributed by atoms with Crippen LogP contribution in [-0.4, -0.2) is 65.4 Å². The number of nitrogens with one attached hydrogen (secondary N) is 1. The normalized spacial score (nSPS) is 14.3. The molecular weight excluding hydrogens is 396 g/mol. The molecule has 7 nitrogen and oxygen atoms in total. The molecule has 0 radical (unpaired) electrons. The van der Waals surface area contributed by atoms with Crippen molar-refractivity contribution >= 4 is 5.91 Å². The van der Waals surface area contributed by atoms with E-state index in [4.69, 9.17) is 18.9 Å². The quantitative estimate of drug-likeness (QED) is 0.656. The number of ether oxygens (including phenoxy) is 4. The van der Waals surface area contributed by atoms with Crippen molar-refractivity contribution in [1.29, 1.82) is 0 Å². The van der Waals surface area contributed by atoms with Crippen LogP contribution in [0.25, 0.3) is 0 Å². The van der Waals surface area contributed by atoms with Crippen molar-refractivity contribution in [2.45, 2.75) is 19.4 Å². The molecule has 1 saturated heterocycles. The Hall–Kier alpha value is -2.93. The molecule has 0 bridgehead atoms. The number of carbonyl (C=O) groups excluding carboxylic acids is 1. The summed E-state index contributed by atoms with van der Waals surface area (Å²) in [5, 5.41) is 0. The number of aryl methyl sites for hydroxylation is 1. The summed E-state index contributed by atoms with van der Waals surface area (Å²) >= 11 is 0. The zero-order valence-corrected chi connectivity index (χ0v) is 18.9. The Kier molecular flexibility index (Phi) is 8.00. The van der Waals surface area contributed by atoms with Crippen LogP contribution >= 0.6 is 0 Å². The van der Waals surface area contributed by atoms with E-state index in [2.05, 4.69) is 12.1 Å². The summed E-state index contributed by atoms with van der Waals surface area (Å²) in [6, 6.07) is 12.0. The average Bonchev–Trinajstić information content (AvgIpc) is 2.82. The van der Waals surface area contributed by atoms with Gasteiger partial charge in [-0.3, -0.25) is 4.79 Å². The summed E-state index contributed by atoms with van der Waals surface area (Å²) in [5.41, 5.74) is 2.28. The van der Waals surface area contributed by atoms with Crippen LogP contribution < -0.4 is 23.8 Å². The number of nitrogens with zero attached hydrogens (tertiary/aromatic N) is 1. The summed E-state index contributed by atoms with van der Waals surface area (Å²) in [6.45, 7) is 4.47. The maximum Gasteiger partial charge on any atom is 0.223 e. The van der Waals surface area contributed by atoms with Crippen molar-refractivity contribution in [2.75, 3.05) is 54.6 Å². The maximum atomic E-state index is 12.8. The van der Waals surface area contributed by atoms with Gasteiger partial charge in [0.15, 0.2) is 11.5 Å². The second-order valence-electron chi connectivity index (χ2n) is 7.69. The molecule has 1 aliphatic heterocycles. The van der Waals surface area contributed by atoms with Crippen LogP contribution in [0.1, 0.15) is 17.5 Å². The first-order valence-electron chi connectivity index (χ1n) is 10.6. The van der Waals surface area contributed by atoms with Crippen molar-refractivity contribution < 1.29 is 28.6 Å². The van der Waals surface area contributed by atoms with Crippen LogP contribution in [0.15, 0.2) is 36.4 Å². The molecule has 0 aromatic heterocycles. The predicted molar refractivity (Wildman–Crippen MR) is 118 cm³/mol. The third kappa shape index (κ3) is 5.82. The van der Waals surface area contributed by atoms with Crippen LogP contribution in [0, 0.1) is 0 Å². The highest BCUT2D eigenvalue weighted by atomic mass is 16.5. The lowest BCUT2D eigenvalue weighted by Gasteiger charge is -2.32. The van der Waals surface area contributed by atoms with Gasteiger partial charge in [0.25, 0.3) is 0 Å². The van der Waals surface area contributed by atoms with Gasteiger partial charge in [-0.05, 0) is 48.4 Å². The number of methoxy groups -OCH3 is 4. The average molecular weight is 430 g/mol. The Labute approximate surface area is 184 Å². The Balaban J connectivity index is 1.50. The van der Waals surface area contributed by atoms with Crippen molar-refractivity contribution in [2.24, 2.45) is 0 Å². The van der Waals surface area contributed by atoms with E-state index in [0.29, 0.717) is 30.1 Å². The Morgan fingerprint density at radius 2 is 1.48 bits per heavy atom. The Morgan fingerprint density at radius 3 is 2.00 bits per heavy atom. The molecule has 2 aromatic rings. The van der Waals surface area contributed by atoms with Gasteiger partial charge in [-0.1, -0.05) is 0 Å². The summed E-state index contributed by atoms with van der Waals surface area (Å²) in [5.74, 6) is 2.86. The number of rotatable bonds is 9. The molecule has 3 rings (SSSR count). The largest absolute Gasteiger partial charge is 0.497 e. The number of amides is 1. The number of hydrogen-bond acceptors (Lipinski definition) is 5. The number of benzene rings is 2. The SMILES string of the molecule is COc1ccc(C[NH+]2CCN(C(=O)CCc3cc(OC)c(OC)c(OC)c3)CC2)cc1. The zero-order valence-electron chi connectivity index (χ0n) is 18.9. The molecule has 1 N–H and O–H groups in total. The van der Waals surface area contributed by atoms with Gasteiger partial charge >= 0.3 is 0 Å². The lowest BCUT2D eigenvalue weighted by molar-refractivity contribution is -0.917. The van der Waals surface area contributed by atoms with Gasteiger partial charge in [-0.15, -0.1) is 0 Å². The highest BCUT2D eigenvalue weighted by molar-refractivity contribution is 5.76. The molecule has 1 fully saturated rings. The summed E-state index contributed by atoms with van der Waals surface area (Å²) in [7, 11) is 6.46. The van der Waals surface area contributed by atoms with Gasteiger partial charge in [0.05, 0.1) is 54.6 Å². The van der Waals surface area contributed by atoms with E-state index in [1.165, 1.54) is 10.5 Å². The highest BCUT2D eigenvalue weighted by Gasteiger charge is 2.24. The summed E-state index contributed by atoms with van der Waals surface area (Å²) in [6.07, 6.45) is 1.10. The Morgan fingerprint density at radius 1 is 0.871 bits per heavy atom. The number of piperazine rings is 1. The number of quaternary nitrogens is 1. The zero-order chi connectivity index (χ0) is 22.2. The van der Waals surface area contributed by atoms with E-state index in [9.17, 15) is 4.79 Å². The topological polar surface area (TPSA) is 61.7 Å². The van der Waals surface area contributed by atoms with Crippen molar-refractivity contribution in [1.82, 2.24) is 4.90 Å². The van der Waals surface area contributed by atoms with Crippen molar-refractivity contribution in [3.8, 4) is 23.0 Å². The van der Waals surface area contributed by atoms with Gasteiger partial charge in [0.2, 0.25) is 11.7 Å². The van der Waals surface area contributed by atoms with Crippen LogP contribution in [0.5, 0.6) is 23.0 Å². The standard InChI is InChI=1S/C24H32N2O5/c1-28-20-8-5-18(6-9-20)17-25-11-13-26(14-12-25)23(27)10-7-19-15-21(29-2)24(31-4)22(16-19)30-3/h5-6,8-9,15-16H,7,10-14,17H2,1-4H3/p+1. The van der Waals surface area contributed by atoms with E-state index in [1.807, 2.05) is 29.2 Å². The van der Waals surface area contributed by atoms with Gasteiger partial charge in [0, 0.05) is 12.0 Å². The first kappa shape index (κ1) is 22.7. The highest BCUT2D eigenvalue weighted by Crippen LogP contribution is 2.38. The second-order valence-corrected chi connectivity index (χ2v) is 7.69. The fourth-order valence-corrected chi connectivity index (χ4v) is 3.97. The third-order valence-corrected chi connectivity index (χ3v) is 5.79. The lowest BCUT2D eigenvalue weighted by atomic mass is 10.1. The van der Waals surface area contributed by atoms with Crippen LogP contribution in [0.4, 0.5) is 0 Å². The van der Waals surface area contributed by atoms with Gasteiger partial charge in [0.1, 0.15) is 12.3 Å². The monoisotopic (exact) mass is 429 g/mol. The van der Waals surface area contributed by atoms with E-state index in [0.717, 1.165) is 44.0 Å². The fourth-order valence-electron chi connectivity index (χ4n) is 3.97. The summed E-state index contributed by atoms with van der Waals surface area (Å²) in [4.78, 5) is 16.2. The molecule has 1 aliphatic rings.